The molecule has 0 aromatic carbocycles. The third-order valence-electron chi connectivity index (χ3n) is 0. The van der Waals surface area contributed by atoms with E-state index in [9.17, 15) is 0 Å². The summed E-state index contributed by atoms with van der Waals surface area (Å²) in [5.41, 5.74) is 0. The summed E-state index contributed by atoms with van der Waals surface area (Å²) in [5.74, 6) is 0. The van der Waals surface area contributed by atoms with Gasteiger partial charge in [-0.1, -0.05) is 0 Å². The van der Waals surface area contributed by atoms with Crippen molar-refractivity contribution in [1.29, 1.82) is 0 Å². The maximum absolute atomic E-state index is 8.44. The molecule has 0 radical (unpaired) electrons. The smallest absolute Gasteiger partial charge is 2.00 e. The summed E-state index contributed by atoms with van der Waals surface area (Å²) in [4.78, 5) is 16.6. The van der Waals surface area contributed by atoms with Crippen molar-refractivity contribution in [3.63, 3.8) is 0 Å². The third-order valence-corrected chi connectivity index (χ3v) is 0. The third kappa shape index (κ3) is 585. The maximum atomic E-state index is 8.44. The molecule has 0 fully saturated rings. The summed E-state index contributed by atoms with van der Waals surface area (Å²) < 4.78 is 8.44. The first-order chi connectivity index (χ1) is 4.46. The van der Waals surface area contributed by atoms with Crippen LogP contribution in [-0.4, -0.2) is 58.0 Å². The van der Waals surface area contributed by atoms with E-state index in [-0.39, 0.29) is 95.7 Å². The zero-order valence-electron chi connectivity index (χ0n) is 6.22. The molecule has 0 N–H and O–H groups in total. The Labute approximate surface area is 135 Å². The van der Waals surface area contributed by atoms with Crippen LogP contribution in [0.2, 0.25) is 0 Å². The van der Waals surface area contributed by atoms with Crippen LogP contribution in [0.25, 0.3) is 0 Å². The number of carbonyl (C=O) groups is 1. The molecule has 0 atom stereocenters. The summed E-state index contributed by atoms with van der Waals surface area (Å²) in [5, 5.41) is 31.4. The second-order valence-electron chi connectivity index (χ2n) is 0.474. The van der Waals surface area contributed by atoms with Gasteiger partial charge in [0.25, 0.3) is 0 Å². The molecule has 0 unspecified atom stereocenters. The molecular weight excluding hydrogens is 364 g/mol. The zero-order chi connectivity index (χ0) is 9.15. The van der Waals surface area contributed by atoms with E-state index in [4.69, 9.17) is 30.4 Å². The molecule has 0 aromatic rings. The number of hydrogen-bond donors (Lipinski definition) is 0. The van der Waals surface area contributed by atoms with E-state index in [0.717, 1.165) is 0 Å². The van der Waals surface area contributed by atoms with Gasteiger partial charge in [-0.2, -0.15) is 0 Å². The molecule has 0 aliphatic heterocycles. The van der Waals surface area contributed by atoms with Crippen LogP contribution in [0.5, 0.6) is 0 Å². The van der Waals surface area contributed by atoms with Gasteiger partial charge in [-0.3, -0.25) is 0 Å². The Morgan fingerprint density at radius 2 is 1.17 bits per heavy atom. The second-order valence-corrected chi connectivity index (χ2v) is 0.474. The van der Waals surface area contributed by atoms with E-state index >= 15 is 0 Å². The minimum absolute atomic E-state index is 0. The van der Waals surface area contributed by atoms with Crippen molar-refractivity contribution in [2.24, 2.45) is 0 Å². The molecule has 0 heterocycles. The zero-order valence-corrected chi connectivity index (χ0v) is 15.6. The van der Waals surface area contributed by atoms with Crippen LogP contribution in [-0.2, 0) is 19.5 Å². The van der Waals surface area contributed by atoms with Crippen molar-refractivity contribution >= 4 is 52.9 Å². The average Bonchev–Trinajstić information content (AvgIpc) is 1.66. The Bertz CT molecular complexity index is 91.6. The van der Waals surface area contributed by atoms with Gasteiger partial charge >= 0.3 is 95.8 Å². The van der Waals surface area contributed by atoms with E-state index in [1.807, 2.05) is 0 Å². The molecule has 0 aliphatic carbocycles. The minimum Gasteiger partial charge on any atom is 2.00 e. The van der Waals surface area contributed by atoms with Crippen molar-refractivity contribution in [3.05, 3.63) is 15.3 Å². The van der Waals surface area contributed by atoms with Gasteiger partial charge in [0.05, 0.1) is 5.09 Å². The number of hydrogen-bond acceptors (Lipinski definition) is 7. The fourth-order valence-electron chi connectivity index (χ4n) is 0. The summed E-state index contributed by atoms with van der Waals surface area (Å²) in [7, 11) is 0. The summed E-state index contributed by atoms with van der Waals surface area (Å²) in [6.45, 7) is 0. The number of carboxylic acid groups (broad SMARTS) is 2. The van der Waals surface area contributed by atoms with Gasteiger partial charge in [0.1, 0.15) is 0 Å². The van der Waals surface area contributed by atoms with E-state index in [1.165, 1.54) is 0 Å². The summed E-state index contributed by atoms with van der Waals surface area (Å²) >= 11 is -0.222. The fraction of sp³-hybridized carbons (Fsp3) is 0. The molecule has 0 saturated heterocycles. The Morgan fingerprint density at radius 1 is 1.17 bits per heavy atom. The van der Waals surface area contributed by atoms with Crippen LogP contribution in [0.1, 0.15) is 0 Å². The first-order valence-electron chi connectivity index (χ1n) is 1.45. The Balaban J connectivity index is -0.0000000198. The molecule has 12 heavy (non-hydrogen) atoms. The molecule has 11 heteroatoms. The molecule has 0 saturated carbocycles. The molecule has 0 rings (SSSR count). The van der Waals surface area contributed by atoms with E-state index < -0.39 is 11.2 Å². The van der Waals surface area contributed by atoms with E-state index in [0.29, 0.717) is 0 Å². The summed E-state index contributed by atoms with van der Waals surface area (Å²) in [6, 6.07) is 0. The molecule has 0 aliphatic rings. The Hall–Kier alpha value is 1.46. The largest absolute Gasteiger partial charge is 2.00 e. The van der Waals surface area contributed by atoms with Crippen molar-refractivity contribution in [2.45, 2.75) is 0 Å². The van der Waals surface area contributed by atoms with Crippen molar-refractivity contribution in [2.75, 3.05) is 0 Å². The van der Waals surface area contributed by atoms with Crippen LogP contribution < -0.4 is 39.8 Å². The van der Waals surface area contributed by atoms with Gasteiger partial charge in [0, 0.05) is 0 Å². The first kappa shape index (κ1) is 29.2. The van der Waals surface area contributed by atoms with E-state index in [1.54, 1.807) is 0 Å². The molecule has 0 aromatic heterocycles. The molecule has 56 valence electrons. The van der Waals surface area contributed by atoms with Crippen molar-refractivity contribution in [1.82, 2.24) is 0 Å². The molecular formula is CBaNNaO7Zn. The maximum Gasteiger partial charge on any atom is 2.00 e. The number of carbonyl (C=O) groups excluding carboxylic acids is 1. The van der Waals surface area contributed by atoms with Gasteiger partial charge < -0.3 is 30.3 Å². The van der Waals surface area contributed by atoms with Gasteiger partial charge in [-0.25, -0.2) is 0 Å². The van der Waals surface area contributed by atoms with Gasteiger partial charge in [0.2, 0.25) is 0 Å². The van der Waals surface area contributed by atoms with Crippen LogP contribution >= 0.6 is 0 Å². The van der Waals surface area contributed by atoms with Crippen LogP contribution in [0.3, 0.4) is 0 Å². The summed E-state index contributed by atoms with van der Waals surface area (Å²) in [6.07, 6.45) is -2.33. The molecule has 0 spiro atoms. The van der Waals surface area contributed by atoms with Crippen LogP contribution in [0, 0.1) is 15.3 Å². The normalized spacial score (nSPS) is 4.50. The Kier molecular flexibility index (Phi) is 71.5. The fourth-order valence-corrected chi connectivity index (χ4v) is 0. The molecule has 8 nitrogen and oxygen atoms in total. The topological polar surface area (TPSA) is 146 Å². The standard InChI is InChI=1S/CH2O3.Ba.NO3.Na.O.Zn/c2-1(3)4;;2-1(3)4;;;/h(H2,2,3,4);;;;;/q;;-1;+1;;+2/p-2. The predicted octanol–water partition coefficient (Wildman–Crippen LogP) is -6.18. The van der Waals surface area contributed by atoms with Gasteiger partial charge in [0.15, 0.2) is 0 Å². The monoisotopic (exact) mass is 363 g/mol. The van der Waals surface area contributed by atoms with Gasteiger partial charge in [-0.15, -0.1) is 0 Å². The number of rotatable bonds is 0. The quantitative estimate of drug-likeness (QED) is 0.236. The van der Waals surface area contributed by atoms with Crippen LogP contribution in [0.15, 0.2) is 0 Å². The first-order valence-corrected chi connectivity index (χ1v) is 3.26. The second kappa shape index (κ2) is 29.4. The van der Waals surface area contributed by atoms with Crippen LogP contribution in [0.4, 0.5) is 4.79 Å². The Morgan fingerprint density at radius 3 is 1.17 bits per heavy atom. The minimum atomic E-state index is -2.33. The van der Waals surface area contributed by atoms with Crippen molar-refractivity contribution in [3.8, 4) is 0 Å². The van der Waals surface area contributed by atoms with Gasteiger partial charge in [-0.05, 0) is 6.16 Å². The molecule has 0 amide bonds. The molecule has 0 bridgehead atoms. The predicted molar refractivity (Wildman–Crippen MR) is 22.2 cm³/mol. The van der Waals surface area contributed by atoms with Crippen molar-refractivity contribution < 1.29 is 69.2 Å². The average molecular weight is 364 g/mol. The van der Waals surface area contributed by atoms with E-state index in [2.05, 4.69) is 0 Å². The number of nitrogens with zero attached hydrogens (tertiary/aromatic N) is 1. The SMILES string of the molecule is O=C([O-])[O-].O=[N+]([O-])[O-].[Na+].[O]=[Ba].[Zn+2].